The van der Waals surface area contributed by atoms with E-state index in [1.165, 1.54) is 87.6 Å². The SMILES string of the molecule is C1=CC2C(c3ccccc3-c3ccccc3)=c3ccccc3=C(c3c4ccccc4c(-c4ccccc4-c4ccccc4)c4ccccc34)C2C=C1. The van der Waals surface area contributed by atoms with Crippen LogP contribution in [0.1, 0.15) is 11.1 Å². The Morgan fingerprint density at radius 3 is 1.17 bits per heavy atom. The van der Waals surface area contributed by atoms with Crippen molar-refractivity contribution < 1.29 is 0 Å². The Morgan fingerprint density at radius 2 is 0.635 bits per heavy atom. The molecule has 0 amide bonds. The van der Waals surface area contributed by atoms with E-state index in [1.54, 1.807) is 0 Å². The second-order valence-corrected chi connectivity index (χ2v) is 13.9. The van der Waals surface area contributed by atoms with Crippen molar-refractivity contribution in [3.8, 4) is 33.4 Å². The van der Waals surface area contributed by atoms with Crippen LogP contribution in [0.5, 0.6) is 0 Å². The van der Waals surface area contributed by atoms with Gasteiger partial charge in [-0.05, 0) is 87.6 Å². The zero-order valence-corrected chi connectivity index (χ0v) is 28.8. The van der Waals surface area contributed by atoms with Crippen LogP contribution >= 0.6 is 0 Å². The summed E-state index contributed by atoms with van der Waals surface area (Å²) < 4.78 is 0. The van der Waals surface area contributed by atoms with Crippen LogP contribution < -0.4 is 10.4 Å². The first-order chi connectivity index (χ1) is 25.9. The topological polar surface area (TPSA) is 0 Å². The highest BCUT2D eigenvalue weighted by molar-refractivity contribution is 6.20. The highest BCUT2D eigenvalue weighted by Crippen LogP contribution is 2.49. The molecule has 244 valence electrons. The van der Waals surface area contributed by atoms with Crippen LogP contribution in [-0.2, 0) is 0 Å². The predicted octanol–water partition coefficient (Wildman–Crippen LogP) is 11.8. The third kappa shape index (κ3) is 4.83. The molecule has 0 spiro atoms. The number of benzene rings is 8. The van der Waals surface area contributed by atoms with Gasteiger partial charge in [0.1, 0.15) is 0 Å². The first-order valence-corrected chi connectivity index (χ1v) is 18.3. The van der Waals surface area contributed by atoms with Crippen molar-refractivity contribution in [1.82, 2.24) is 0 Å². The third-order valence-electron chi connectivity index (χ3n) is 11.1. The normalized spacial score (nSPS) is 16.2. The van der Waals surface area contributed by atoms with Gasteiger partial charge in [-0.15, -0.1) is 0 Å². The molecule has 0 saturated heterocycles. The van der Waals surface area contributed by atoms with E-state index < -0.39 is 0 Å². The van der Waals surface area contributed by atoms with Crippen molar-refractivity contribution in [2.75, 3.05) is 0 Å². The second kappa shape index (κ2) is 12.7. The van der Waals surface area contributed by atoms with Crippen LogP contribution in [-0.4, -0.2) is 0 Å². The van der Waals surface area contributed by atoms with Crippen molar-refractivity contribution in [2.45, 2.75) is 0 Å². The minimum absolute atomic E-state index is 0.160. The first kappa shape index (κ1) is 30.3. The van der Waals surface area contributed by atoms with Gasteiger partial charge in [-0.25, -0.2) is 0 Å². The van der Waals surface area contributed by atoms with Crippen molar-refractivity contribution in [3.63, 3.8) is 0 Å². The molecule has 2 aliphatic carbocycles. The van der Waals surface area contributed by atoms with Gasteiger partial charge in [-0.1, -0.05) is 206 Å². The minimum atomic E-state index is 0.160. The van der Waals surface area contributed by atoms with Crippen LogP contribution in [0.15, 0.2) is 206 Å². The van der Waals surface area contributed by atoms with Gasteiger partial charge in [0.15, 0.2) is 0 Å². The van der Waals surface area contributed by atoms with Crippen LogP contribution in [0.4, 0.5) is 0 Å². The molecule has 0 nitrogen and oxygen atoms in total. The number of allylic oxidation sites excluding steroid dienone is 4. The molecule has 2 aliphatic rings. The Balaban J connectivity index is 1.34. The molecular formula is C52H36. The fourth-order valence-electron chi connectivity index (χ4n) is 8.96. The summed E-state index contributed by atoms with van der Waals surface area (Å²) >= 11 is 0. The lowest BCUT2D eigenvalue weighted by Crippen LogP contribution is -2.40. The quantitative estimate of drug-likeness (QED) is 0.161. The van der Waals surface area contributed by atoms with Crippen molar-refractivity contribution in [2.24, 2.45) is 11.8 Å². The van der Waals surface area contributed by atoms with E-state index in [4.69, 9.17) is 0 Å². The van der Waals surface area contributed by atoms with Gasteiger partial charge >= 0.3 is 0 Å². The number of hydrogen-bond donors (Lipinski definition) is 0. The average molecular weight is 661 g/mol. The standard InChI is InChI=1S/C52H36/c1-3-19-35(20-4-1)37-23-7-9-25-39(37)49-41-27-11-15-31-45(41)51(46-32-16-12-28-42(46)49)52-47-33-17-13-29-43(47)50(44-30-14-18-34-48(44)52)40-26-10-8-24-38(40)36-21-5-2-6-22-36/h1-34,41,45H. The molecule has 10 rings (SSSR count). The van der Waals surface area contributed by atoms with Gasteiger partial charge in [-0.2, -0.15) is 0 Å². The van der Waals surface area contributed by atoms with Gasteiger partial charge in [0.25, 0.3) is 0 Å². The van der Waals surface area contributed by atoms with Crippen molar-refractivity contribution >= 4 is 32.7 Å². The molecule has 52 heavy (non-hydrogen) atoms. The monoisotopic (exact) mass is 660 g/mol. The van der Waals surface area contributed by atoms with E-state index in [0.717, 1.165) is 0 Å². The van der Waals surface area contributed by atoms with E-state index in [9.17, 15) is 0 Å². The summed E-state index contributed by atoms with van der Waals surface area (Å²) in [5, 5.41) is 7.77. The summed E-state index contributed by atoms with van der Waals surface area (Å²) in [5.41, 5.74) is 13.0. The highest BCUT2D eigenvalue weighted by Gasteiger charge is 2.34. The second-order valence-electron chi connectivity index (χ2n) is 13.9. The van der Waals surface area contributed by atoms with Crippen molar-refractivity contribution in [3.05, 3.63) is 228 Å². The summed E-state index contributed by atoms with van der Waals surface area (Å²) in [6.45, 7) is 0. The molecule has 0 saturated carbocycles. The molecule has 0 radical (unpaired) electrons. The zero-order chi connectivity index (χ0) is 34.4. The lowest BCUT2D eigenvalue weighted by Gasteiger charge is -2.35. The van der Waals surface area contributed by atoms with E-state index in [2.05, 4.69) is 206 Å². The van der Waals surface area contributed by atoms with Crippen LogP contribution in [0.3, 0.4) is 0 Å². The predicted molar refractivity (Wildman–Crippen MR) is 220 cm³/mol. The fourth-order valence-corrected chi connectivity index (χ4v) is 8.96. The molecule has 8 aromatic carbocycles. The van der Waals surface area contributed by atoms with Gasteiger partial charge in [0.2, 0.25) is 0 Å². The molecule has 0 bridgehead atoms. The van der Waals surface area contributed by atoms with Crippen LogP contribution in [0.2, 0.25) is 0 Å². The Morgan fingerprint density at radius 1 is 0.269 bits per heavy atom. The fraction of sp³-hybridized carbons (Fsp3) is 0.0385. The molecule has 0 aliphatic heterocycles. The Kier molecular flexibility index (Phi) is 7.40. The Bertz CT molecular complexity index is 2780. The largest absolute Gasteiger partial charge is 0.0760 e. The molecule has 0 N–H and O–H groups in total. The molecule has 0 aromatic heterocycles. The summed E-state index contributed by atoms with van der Waals surface area (Å²) in [6, 6.07) is 66.9. The van der Waals surface area contributed by atoms with Crippen LogP contribution in [0, 0.1) is 11.8 Å². The summed E-state index contributed by atoms with van der Waals surface area (Å²) in [6.07, 6.45) is 9.39. The van der Waals surface area contributed by atoms with Gasteiger partial charge in [0.05, 0.1) is 0 Å². The van der Waals surface area contributed by atoms with E-state index in [1.807, 2.05) is 0 Å². The Labute approximate surface area is 304 Å². The number of rotatable bonds is 5. The van der Waals surface area contributed by atoms with Gasteiger partial charge in [0, 0.05) is 11.8 Å². The molecular weight excluding hydrogens is 625 g/mol. The molecule has 0 fully saturated rings. The van der Waals surface area contributed by atoms with Crippen LogP contribution in [0.25, 0.3) is 66.1 Å². The zero-order valence-electron chi connectivity index (χ0n) is 28.8. The minimum Gasteiger partial charge on any atom is -0.0760 e. The first-order valence-electron chi connectivity index (χ1n) is 18.3. The molecule has 2 unspecified atom stereocenters. The Hall–Kier alpha value is -6.50. The summed E-state index contributed by atoms with van der Waals surface area (Å²) in [5.74, 6) is 0.337. The maximum absolute atomic E-state index is 2.45. The molecule has 8 aromatic rings. The molecule has 2 atom stereocenters. The number of hydrogen-bond acceptors (Lipinski definition) is 0. The van der Waals surface area contributed by atoms with Gasteiger partial charge < -0.3 is 0 Å². The molecule has 0 heteroatoms. The third-order valence-corrected chi connectivity index (χ3v) is 11.1. The smallest absolute Gasteiger partial charge is 0.0138 e. The van der Waals surface area contributed by atoms with E-state index in [0.29, 0.717) is 0 Å². The summed E-state index contributed by atoms with van der Waals surface area (Å²) in [4.78, 5) is 0. The lowest BCUT2D eigenvalue weighted by atomic mass is 9.68. The average Bonchev–Trinajstić information content (AvgIpc) is 3.23. The van der Waals surface area contributed by atoms with Gasteiger partial charge in [-0.3, -0.25) is 0 Å². The van der Waals surface area contributed by atoms with Crippen molar-refractivity contribution in [1.29, 1.82) is 0 Å². The maximum Gasteiger partial charge on any atom is 0.0138 e. The number of fused-ring (bicyclic) bond motifs is 4. The van der Waals surface area contributed by atoms with E-state index in [-0.39, 0.29) is 11.8 Å². The lowest BCUT2D eigenvalue weighted by molar-refractivity contribution is 0.688. The maximum atomic E-state index is 2.45. The van der Waals surface area contributed by atoms with E-state index >= 15 is 0 Å². The summed E-state index contributed by atoms with van der Waals surface area (Å²) in [7, 11) is 0. The highest BCUT2D eigenvalue weighted by atomic mass is 14.4. The molecule has 0 heterocycles.